The van der Waals surface area contributed by atoms with Crippen molar-refractivity contribution in [2.24, 2.45) is 0 Å². The highest BCUT2D eigenvalue weighted by Crippen LogP contribution is 2.35. The van der Waals surface area contributed by atoms with E-state index in [1.165, 1.54) is 9.44 Å². The summed E-state index contributed by atoms with van der Waals surface area (Å²) in [7, 11) is 0. The van der Waals surface area contributed by atoms with Gasteiger partial charge in [-0.3, -0.25) is 9.36 Å². The summed E-state index contributed by atoms with van der Waals surface area (Å²) < 4.78 is 3.05. The predicted molar refractivity (Wildman–Crippen MR) is 119 cm³/mol. The van der Waals surface area contributed by atoms with E-state index >= 15 is 0 Å². The molecule has 2 aromatic heterocycles. The molecule has 0 saturated carbocycles. The van der Waals surface area contributed by atoms with Gasteiger partial charge in [-0.25, -0.2) is 9.36 Å². The van der Waals surface area contributed by atoms with Crippen molar-refractivity contribution >= 4 is 33.2 Å². The third-order valence-electron chi connectivity index (χ3n) is 5.66. The lowest BCUT2D eigenvalue weighted by Gasteiger charge is -2.14. The Balaban J connectivity index is 1.84. The van der Waals surface area contributed by atoms with Crippen molar-refractivity contribution in [1.82, 2.24) is 9.13 Å². The van der Waals surface area contributed by atoms with Crippen LogP contribution in [0.2, 0.25) is 5.02 Å². The molecule has 0 fully saturated rings. The van der Waals surface area contributed by atoms with E-state index < -0.39 is 0 Å². The first-order valence-electron chi connectivity index (χ1n) is 9.65. The number of nitrogens with zero attached hydrogens (tertiary/aromatic N) is 2. The minimum Gasteiger partial charge on any atom is -0.279 e. The standard InChI is InChI=1S/C23H19ClN2O2S/c1-14-5-2-3-6-15(14)13-25-22-20(18-7-4-8-19(18)29-22)21(27)26(23(25)28)17-11-9-16(24)10-12-17/h2-3,5-6,9-12H,4,7-8,13H2,1H3. The smallest absolute Gasteiger partial charge is 0.279 e. The molecular formula is C23H19ClN2O2S. The molecule has 0 saturated heterocycles. The van der Waals surface area contributed by atoms with Gasteiger partial charge >= 0.3 is 5.69 Å². The number of aromatic nitrogens is 2. The molecule has 4 aromatic rings. The van der Waals surface area contributed by atoms with Gasteiger partial charge in [-0.05, 0) is 67.1 Å². The van der Waals surface area contributed by atoms with Gasteiger partial charge in [-0.1, -0.05) is 35.9 Å². The third kappa shape index (κ3) is 2.96. The molecule has 6 heteroatoms. The summed E-state index contributed by atoms with van der Waals surface area (Å²) >= 11 is 7.62. The van der Waals surface area contributed by atoms with E-state index in [0.29, 0.717) is 22.6 Å². The van der Waals surface area contributed by atoms with Crippen LogP contribution in [-0.2, 0) is 19.4 Å². The maximum absolute atomic E-state index is 13.5. The van der Waals surface area contributed by atoms with Crippen LogP contribution in [0.5, 0.6) is 0 Å². The fraction of sp³-hybridized carbons (Fsp3) is 0.217. The van der Waals surface area contributed by atoms with Crippen molar-refractivity contribution in [2.45, 2.75) is 32.7 Å². The SMILES string of the molecule is Cc1ccccc1Cn1c(=O)n(-c2ccc(Cl)cc2)c(=O)c2c3c(sc21)CCC3. The fourth-order valence-electron chi connectivity index (χ4n) is 4.12. The Kier molecular flexibility index (Phi) is 4.45. The number of aryl methyl sites for hydroxylation is 3. The summed E-state index contributed by atoms with van der Waals surface area (Å²) in [5.74, 6) is 0. The zero-order chi connectivity index (χ0) is 20.1. The van der Waals surface area contributed by atoms with E-state index in [1.807, 2.05) is 31.2 Å². The molecule has 0 radical (unpaired) electrons. The second-order valence-electron chi connectivity index (χ2n) is 7.45. The van der Waals surface area contributed by atoms with Crippen molar-refractivity contribution < 1.29 is 0 Å². The number of hydrogen-bond acceptors (Lipinski definition) is 3. The highest BCUT2D eigenvalue weighted by Gasteiger charge is 2.25. The minimum atomic E-state index is -0.312. The number of hydrogen-bond donors (Lipinski definition) is 0. The van der Waals surface area contributed by atoms with Gasteiger partial charge in [0.1, 0.15) is 4.83 Å². The summed E-state index contributed by atoms with van der Waals surface area (Å²) in [4.78, 5) is 29.0. The molecule has 2 heterocycles. The summed E-state index contributed by atoms with van der Waals surface area (Å²) in [6, 6.07) is 14.9. The molecule has 1 aliphatic carbocycles. The molecular weight excluding hydrogens is 404 g/mol. The highest BCUT2D eigenvalue weighted by atomic mass is 35.5. The van der Waals surface area contributed by atoms with Crippen LogP contribution >= 0.6 is 22.9 Å². The van der Waals surface area contributed by atoms with Gasteiger partial charge in [-0.2, -0.15) is 0 Å². The minimum absolute atomic E-state index is 0.229. The van der Waals surface area contributed by atoms with Crippen LogP contribution in [0, 0.1) is 6.92 Å². The summed E-state index contributed by atoms with van der Waals surface area (Å²) in [6.45, 7) is 2.48. The Morgan fingerprint density at radius 1 is 1.03 bits per heavy atom. The molecule has 0 N–H and O–H groups in total. The van der Waals surface area contributed by atoms with Crippen molar-refractivity contribution in [3.8, 4) is 5.69 Å². The predicted octanol–water partition coefficient (Wildman–Crippen LogP) is 4.71. The van der Waals surface area contributed by atoms with Crippen LogP contribution in [0.3, 0.4) is 0 Å². The molecule has 29 heavy (non-hydrogen) atoms. The number of fused-ring (bicyclic) bond motifs is 3. The first kappa shape index (κ1) is 18.4. The molecule has 1 aliphatic rings. The number of rotatable bonds is 3. The Morgan fingerprint density at radius 3 is 2.55 bits per heavy atom. The normalized spacial score (nSPS) is 13.2. The lowest BCUT2D eigenvalue weighted by molar-refractivity contribution is 0.716. The van der Waals surface area contributed by atoms with Gasteiger partial charge in [0.15, 0.2) is 0 Å². The van der Waals surface area contributed by atoms with E-state index in [2.05, 4.69) is 0 Å². The lowest BCUT2D eigenvalue weighted by Crippen LogP contribution is -2.39. The average molecular weight is 423 g/mol. The Labute approximate surface area is 176 Å². The molecule has 0 aliphatic heterocycles. The second-order valence-corrected chi connectivity index (χ2v) is 8.97. The summed E-state index contributed by atoms with van der Waals surface area (Å²) in [5, 5.41) is 1.27. The highest BCUT2D eigenvalue weighted by molar-refractivity contribution is 7.18. The van der Waals surface area contributed by atoms with E-state index in [0.717, 1.165) is 40.8 Å². The molecule has 0 unspecified atom stereocenters. The van der Waals surface area contributed by atoms with E-state index in [4.69, 9.17) is 11.6 Å². The van der Waals surface area contributed by atoms with E-state index in [-0.39, 0.29) is 11.2 Å². The van der Waals surface area contributed by atoms with Crippen molar-refractivity contribution in [3.05, 3.63) is 96.0 Å². The molecule has 0 amide bonds. The quantitative estimate of drug-likeness (QED) is 0.479. The number of benzene rings is 2. The van der Waals surface area contributed by atoms with Gasteiger partial charge in [0, 0.05) is 9.90 Å². The number of halogens is 1. The molecule has 146 valence electrons. The summed E-state index contributed by atoms with van der Waals surface area (Å²) in [6.07, 6.45) is 2.94. The second kappa shape index (κ2) is 7.01. The largest absolute Gasteiger partial charge is 0.337 e. The van der Waals surface area contributed by atoms with Gasteiger partial charge in [0.05, 0.1) is 17.6 Å². The Bertz CT molecular complexity index is 1360. The maximum atomic E-state index is 13.5. The zero-order valence-electron chi connectivity index (χ0n) is 15.9. The monoisotopic (exact) mass is 422 g/mol. The summed E-state index contributed by atoms with van der Waals surface area (Å²) in [5.41, 5.74) is 3.33. The zero-order valence-corrected chi connectivity index (χ0v) is 17.5. The third-order valence-corrected chi connectivity index (χ3v) is 7.23. The number of thiophene rings is 1. The Morgan fingerprint density at radius 2 is 1.79 bits per heavy atom. The van der Waals surface area contributed by atoms with Crippen LogP contribution < -0.4 is 11.2 Å². The van der Waals surface area contributed by atoms with Crippen molar-refractivity contribution in [3.63, 3.8) is 0 Å². The van der Waals surface area contributed by atoms with Crippen LogP contribution in [0.4, 0.5) is 0 Å². The topological polar surface area (TPSA) is 44.0 Å². The van der Waals surface area contributed by atoms with Gasteiger partial charge in [-0.15, -0.1) is 11.3 Å². The van der Waals surface area contributed by atoms with Crippen LogP contribution in [-0.4, -0.2) is 9.13 Å². The van der Waals surface area contributed by atoms with Crippen LogP contribution in [0.15, 0.2) is 58.1 Å². The molecule has 0 atom stereocenters. The van der Waals surface area contributed by atoms with E-state index in [9.17, 15) is 9.59 Å². The average Bonchev–Trinajstić information content (AvgIpc) is 3.29. The maximum Gasteiger partial charge on any atom is 0.337 e. The van der Waals surface area contributed by atoms with E-state index in [1.54, 1.807) is 40.2 Å². The van der Waals surface area contributed by atoms with Gasteiger partial charge in [0.2, 0.25) is 0 Å². The van der Waals surface area contributed by atoms with Gasteiger partial charge < -0.3 is 0 Å². The first-order chi connectivity index (χ1) is 14.0. The molecule has 4 nitrogen and oxygen atoms in total. The van der Waals surface area contributed by atoms with Crippen molar-refractivity contribution in [1.29, 1.82) is 0 Å². The van der Waals surface area contributed by atoms with Crippen LogP contribution in [0.25, 0.3) is 15.9 Å². The molecule has 0 bridgehead atoms. The Hall–Kier alpha value is -2.63. The van der Waals surface area contributed by atoms with Crippen molar-refractivity contribution in [2.75, 3.05) is 0 Å². The molecule has 5 rings (SSSR count). The van der Waals surface area contributed by atoms with Crippen LogP contribution in [0.1, 0.15) is 28.0 Å². The first-order valence-corrected chi connectivity index (χ1v) is 10.8. The fourth-order valence-corrected chi connectivity index (χ4v) is 5.62. The van der Waals surface area contributed by atoms with Gasteiger partial charge in [0.25, 0.3) is 5.56 Å². The molecule has 0 spiro atoms. The molecule has 2 aromatic carbocycles. The lowest BCUT2D eigenvalue weighted by atomic mass is 10.1.